The summed E-state index contributed by atoms with van der Waals surface area (Å²) in [5.74, 6) is 0. The zero-order valence-corrected chi connectivity index (χ0v) is 7.50. The number of hydrogen-bond donors (Lipinski definition) is 1. The number of nitrogens with one attached hydrogen (secondary N) is 1. The molecule has 0 radical (unpaired) electrons. The smallest absolute Gasteiger partial charge is 0.184 e. The van der Waals surface area contributed by atoms with Crippen molar-refractivity contribution in [1.82, 2.24) is 20.2 Å². The molecule has 0 atom stereocenters. The minimum atomic E-state index is 0.729. The molecule has 0 amide bonds. The predicted octanol–water partition coefficient (Wildman–Crippen LogP) is 1.69. The number of hydrogen-bond acceptors (Lipinski definition) is 3. The Balaban J connectivity index is 0.000000336. The number of aryl methyl sites for hydroxylation is 1. The van der Waals surface area contributed by atoms with Crippen LogP contribution in [0.15, 0.2) is 12.5 Å². The summed E-state index contributed by atoms with van der Waals surface area (Å²) in [6.45, 7) is 5.94. The molecule has 0 spiro atoms. The van der Waals surface area contributed by atoms with Gasteiger partial charge >= 0.3 is 0 Å². The zero-order valence-electron chi connectivity index (χ0n) is 7.50. The first-order chi connectivity index (χ1) is 5.88. The number of aromatic nitrogens is 4. The van der Waals surface area contributed by atoms with Gasteiger partial charge in [0.15, 0.2) is 5.65 Å². The van der Waals surface area contributed by atoms with E-state index in [0.717, 1.165) is 16.7 Å². The van der Waals surface area contributed by atoms with Crippen LogP contribution in [0.1, 0.15) is 19.5 Å². The maximum Gasteiger partial charge on any atom is 0.184 e. The maximum atomic E-state index is 3.95. The van der Waals surface area contributed by atoms with Crippen molar-refractivity contribution in [2.24, 2.45) is 0 Å². The number of H-pyrrole nitrogens is 1. The molecule has 2 aromatic heterocycles. The van der Waals surface area contributed by atoms with Crippen LogP contribution in [0.5, 0.6) is 0 Å². The average molecular weight is 164 g/mol. The van der Waals surface area contributed by atoms with Gasteiger partial charge in [0.25, 0.3) is 0 Å². The highest BCUT2D eigenvalue weighted by Crippen LogP contribution is 2.08. The van der Waals surface area contributed by atoms with Gasteiger partial charge in [-0.15, -0.1) is 0 Å². The van der Waals surface area contributed by atoms with E-state index >= 15 is 0 Å². The zero-order chi connectivity index (χ0) is 8.97. The number of nitrogens with zero attached hydrogens (tertiary/aromatic N) is 3. The van der Waals surface area contributed by atoms with Crippen LogP contribution in [0.25, 0.3) is 11.0 Å². The van der Waals surface area contributed by atoms with Crippen molar-refractivity contribution in [2.45, 2.75) is 20.8 Å². The van der Waals surface area contributed by atoms with E-state index in [1.807, 2.05) is 20.8 Å². The molecule has 0 aromatic carbocycles. The topological polar surface area (TPSA) is 54.5 Å². The molecule has 0 saturated heterocycles. The van der Waals surface area contributed by atoms with Crippen molar-refractivity contribution < 1.29 is 0 Å². The minimum absolute atomic E-state index is 0.729. The Morgan fingerprint density at radius 3 is 2.75 bits per heavy atom. The lowest BCUT2D eigenvalue weighted by Crippen LogP contribution is -1.76. The summed E-state index contributed by atoms with van der Waals surface area (Å²) in [5, 5.41) is 7.75. The van der Waals surface area contributed by atoms with Gasteiger partial charge in [-0.1, -0.05) is 13.8 Å². The Labute approximate surface area is 71.1 Å². The van der Waals surface area contributed by atoms with Gasteiger partial charge in [-0.25, -0.2) is 9.97 Å². The van der Waals surface area contributed by atoms with Crippen LogP contribution in [0.2, 0.25) is 0 Å². The third-order valence-corrected chi connectivity index (χ3v) is 1.42. The molecule has 0 aliphatic rings. The Morgan fingerprint density at radius 1 is 1.33 bits per heavy atom. The van der Waals surface area contributed by atoms with Gasteiger partial charge in [-0.3, -0.25) is 5.10 Å². The summed E-state index contributed by atoms with van der Waals surface area (Å²) >= 11 is 0. The third-order valence-electron chi connectivity index (χ3n) is 1.42. The standard InChI is InChI=1S/C6H6N4.C2H6/c1-4-5-2-7-3-8-6(5)10-9-4;1-2/h2-3H,1H3,(H,7,8,9,10);1-2H3. The highest BCUT2D eigenvalue weighted by Gasteiger charge is 1.98. The molecule has 0 unspecified atom stereocenters. The molecule has 1 N–H and O–H groups in total. The first-order valence-corrected chi connectivity index (χ1v) is 3.98. The van der Waals surface area contributed by atoms with Crippen molar-refractivity contribution in [3.8, 4) is 0 Å². The molecule has 4 nitrogen and oxygen atoms in total. The minimum Gasteiger partial charge on any atom is -0.280 e. The van der Waals surface area contributed by atoms with Crippen LogP contribution in [0.4, 0.5) is 0 Å². The highest BCUT2D eigenvalue weighted by atomic mass is 15.2. The molecule has 0 bridgehead atoms. The maximum absolute atomic E-state index is 3.95. The van der Waals surface area contributed by atoms with Crippen molar-refractivity contribution in [1.29, 1.82) is 0 Å². The van der Waals surface area contributed by atoms with Crippen molar-refractivity contribution in [3.05, 3.63) is 18.2 Å². The van der Waals surface area contributed by atoms with Gasteiger partial charge in [0.1, 0.15) is 6.33 Å². The van der Waals surface area contributed by atoms with E-state index in [-0.39, 0.29) is 0 Å². The van der Waals surface area contributed by atoms with Gasteiger partial charge in [-0.05, 0) is 6.92 Å². The van der Waals surface area contributed by atoms with Crippen molar-refractivity contribution >= 4 is 11.0 Å². The van der Waals surface area contributed by atoms with Gasteiger partial charge in [0.2, 0.25) is 0 Å². The largest absolute Gasteiger partial charge is 0.280 e. The van der Waals surface area contributed by atoms with E-state index in [1.165, 1.54) is 6.33 Å². The van der Waals surface area contributed by atoms with Crippen LogP contribution >= 0.6 is 0 Å². The lowest BCUT2D eigenvalue weighted by molar-refractivity contribution is 1.05. The first kappa shape index (κ1) is 8.64. The fourth-order valence-electron chi connectivity index (χ4n) is 0.874. The molecular formula is C8H12N4. The van der Waals surface area contributed by atoms with Gasteiger partial charge in [0, 0.05) is 11.9 Å². The number of rotatable bonds is 0. The monoisotopic (exact) mass is 164 g/mol. The summed E-state index contributed by atoms with van der Waals surface area (Å²) in [7, 11) is 0. The molecule has 0 fully saturated rings. The Hall–Kier alpha value is -1.45. The van der Waals surface area contributed by atoms with Gasteiger partial charge in [-0.2, -0.15) is 5.10 Å². The molecule has 64 valence electrons. The van der Waals surface area contributed by atoms with Crippen LogP contribution in [0, 0.1) is 6.92 Å². The van der Waals surface area contributed by atoms with Crippen LogP contribution in [-0.4, -0.2) is 20.2 Å². The first-order valence-electron chi connectivity index (χ1n) is 3.98. The normalized spacial score (nSPS) is 9.25. The lowest BCUT2D eigenvalue weighted by Gasteiger charge is -1.83. The molecule has 12 heavy (non-hydrogen) atoms. The SMILES string of the molecule is CC.Cc1[nH]nc2ncncc12. The van der Waals surface area contributed by atoms with Crippen LogP contribution < -0.4 is 0 Å². The lowest BCUT2D eigenvalue weighted by atomic mass is 10.3. The van der Waals surface area contributed by atoms with E-state index in [9.17, 15) is 0 Å². The quantitative estimate of drug-likeness (QED) is 0.644. The summed E-state index contributed by atoms with van der Waals surface area (Å²) in [4.78, 5) is 7.82. The van der Waals surface area contributed by atoms with Gasteiger partial charge in [0.05, 0.1) is 5.39 Å². The Bertz CT molecular complexity index is 353. The summed E-state index contributed by atoms with van der Waals surface area (Å²) < 4.78 is 0. The predicted molar refractivity (Wildman–Crippen MR) is 47.8 cm³/mol. The molecule has 0 saturated carbocycles. The second-order valence-electron chi connectivity index (χ2n) is 2.11. The van der Waals surface area contributed by atoms with E-state index < -0.39 is 0 Å². The van der Waals surface area contributed by atoms with E-state index in [0.29, 0.717) is 0 Å². The van der Waals surface area contributed by atoms with Crippen molar-refractivity contribution in [2.75, 3.05) is 0 Å². The summed E-state index contributed by atoms with van der Waals surface area (Å²) in [5.41, 5.74) is 1.74. The number of fused-ring (bicyclic) bond motifs is 1. The Kier molecular flexibility index (Phi) is 2.74. The molecule has 2 rings (SSSR count). The van der Waals surface area contributed by atoms with Gasteiger partial charge < -0.3 is 0 Å². The number of aromatic amines is 1. The summed E-state index contributed by atoms with van der Waals surface area (Å²) in [6.07, 6.45) is 3.24. The Morgan fingerprint density at radius 2 is 2.08 bits per heavy atom. The van der Waals surface area contributed by atoms with E-state index in [1.54, 1.807) is 6.20 Å². The fourth-order valence-corrected chi connectivity index (χ4v) is 0.874. The summed E-state index contributed by atoms with van der Waals surface area (Å²) in [6, 6.07) is 0. The average Bonchev–Trinajstić information content (AvgIpc) is 2.53. The molecule has 2 aromatic rings. The van der Waals surface area contributed by atoms with Crippen molar-refractivity contribution in [3.63, 3.8) is 0 Å². The van der Waals surface area contributed by atoms with E-state index in [4.69, 9.17) is 0 Å². The van der Waals surface area contributed by atoms with Crippen LogP contribution in [0.3, 0.4) is 0 Å². The molecular weight excluding hydrogens is 152 g/mol. The molecule has 2 heterocycles. The van der Waals surface area contributed by atoms with E-state index in [2.05, 4.69) is 20.2 Å². The molecule has 4 heteroatoms. The fraction of sp³-hybridized carbons (Fsp3) is 0.375. The highest BCUT2D eigenvalue weighted by molar-refractivity contribution is 5.75. The molecule has 0 aliphatic heterocycles. The second-order valence-corrected chi connectivity index (χ2v) is 2.11. The third kappa shape index (κ3) is 1.42. The van der Waals surface area contributed by atoms with Crippen LogP contribution in [-0.2, 0) is 0 Å². The molecule has 0 aliphatic carbocycles. The second kappa shape index (κ2) is 3.80.